The highest BCUT2D eigenvalue weighted by atomic mass is 32.1. The summed E-state index contributed by atoms with van der Waals surface area (Å²) in [6.07, 6.45) is 23.8. The number of benzene rings is 1. The highest BCUT2D eigenvalue weighted by Gasteiger charge is 2.02. The van der Waals surface area contributed by atoms with Crippen LogP contribution >= 0.6 is 11.3 Å². The van der Waals surface area contributed by atoms with Gasteiger partial charge in [0.2, 0.25) is 0 Å². The molecule has 1 aromatic heterocycles. The van der Waals surface area contributed by atoms with Crippen molar-refractivity contribution in [3.05, 3.63) is 112 Å². The van der Waals surface area contributed by atoms with E-state index in [1.807, 2.05) is 47.7 Å². The van der Waals surface area contributed by atoms with E-state index in [1.54, 1.807) is 11.3 Å². The first kappa shape index (κ1) is 37.7. The molecule has 0 aliphatic heterocycles. The second-order valence-electron chi connectivity index (χ2n) is 8.55. The average molecular weight is 537 g/mol. The molecule has 1 aliphatic rings. The quantitative estimate of drug-likeness (QED) is 0.255. The lowest BCUT2D eigenvalue weighted by molar-refractivity contribution is 0.715. The third kappa shape index (κ3) is 21.6. The summed E-state index contributed by atoms with van der Waals surface area (Å²) in [7, 11) is 0. The van der Waals surface area contributed by atoms with Crippen molar-refractivity contribution < 1.29 is 0 Å². The maximum atomic E-state index is 4.26. The van der Waals surface area contributed by atoms with Crippen LogP contribution in [0.5, 0.6) is 0 Å². The predicted octanol–water partition coefficient (Wildman–Crippen LogP) is 10.6. The summed E-state index contributed by atoms with van der Waals surface area (Å²) in [5.41, 5.74) is 3.97. The highest BCUT2D eigenvalue weighted by Crippen LogP contribution is 2.18. The second kappa shape index (κ2) is 27.5. The van der Waals surface area contributed by atoms with Gasteiger partial charge < -0.3 is 5.32 Å². The summed E-state index contributed by atoms with van der Waals surface area (Å²) in [5, 5.41) is 4.38. The fourth-order valence-corrected chi connectivity index (χ4v) is 4.03. The van der Waals surface area contributed by atoms with Gasteiger partial charge in [0.1, 0.15) is 0 Å². The van der Waals surface area contributed by atoms with E-state index < -0.39 is 0 Å². The Labute approximate surface area is 240 Å². The summed E-state index contributed by atoms with van der Waals surface area (Å²) >= 11 is 1.78. The molecule has 3 heteroatoms. The van der Waals surface area contributed by atoms with E-state index in [2.05, 4.69) is 111 Å². The number of hydrogen-bond donors (Lipinski definition) is 1. The van der Waals surface area contributed by atoms with Crippen molar-refractivity contribution in [2.24, 2.45) is 5.92 Å². The topological polar surface area (TPSA) is 24.9 Å². The highest BCUT2D eigenvalue weighted by molar-refractivity contribution is 7.11. The van der Waals surface area contributed by atoms with Crippen LogP contribution in [0.2, 0.25) is 0 Å². The monoisotopic (exact) mass is 536 g/mol. The van der Waals surface area contributed by atoms with Crippen LogP contribution < -0.4 is 5.32 Å². The van der Waals surface area contributed by atoms with E-state index in [4.69, 9.17) is 0 Å². The van der Waals surface area contributed by atoms with E-state index in [9.17, 15) is 0 Å². The Morgan fingerprint density at radius 2 is 1.66 bits per heavy atom. The molecule has 1 aromatic carbocycles. The van der Waals surface area contributed by atoms with Crippen molar-refractivity contribution in [3.8, 4) is 0 Å². The Balaban J connectivity index is 0. The first-order chi connectivity index (χ1) is 18.5. The van der Waals surface area contributed by atoms with Crippen LogP contribution in [0.15, 0.2) is 91.2 Å². The Bertz CT molecular complexity index is 915. The third-order valence-corrected chi connectivity index (χ3v) is 6.01. The zero-order valence-electron chi connectivity index (χ0n) is 25.9. The molecule has 0 unspecified atom stereocenters. The van der Waals surface area contributed by atoms with Gasteiger partial charge in [-0.2, -0.15) is 0 Å². The van der Waals surface area contributed by atoms with Gasteiger partial charge in [-0.1, -0.05) is 120 Å². The van der Waals surface area contributed by atoms with Crippen LogP contribution in [-0.4, -0.2) is 18.1 Å². The van der Waals surface area contributed by atoms with Gasteiger partial charge in [0.15, 0.2) is 0 Å². The molecule has 2 aromatic rings. The smallest absolute Gasteiger partial charge is 0.0896 e. The molecule has 2 nitrogen and oxygen atoms in total. The molecule has 0 saturated carbocycles. The van der Waals surface area contributed by atoms with Crippen LogP contribution in [-0.2, 0) is 6.42 Å². The predicted molar refractivity (Wildman–Crippen MR) is 176 cm³/mol. The van der Waals surface area contributed by atoms with Crippen molar-refractivity contribution in [2.75, 3.05) is 13.1 Å². The Morgan fingerprint density at radius 3 is 2.16 bits per heavy atom. The van der Waals surface area contributed by atoms with E-state index in [0.717, 1.165) is 24.5 Å². The molecule has 0 atom stereocenters. The molecule has 0 amide bonds. The van der Waals surface area contributed by atoms with Crippen molar-refractivity contribution in [1.82, 2.24) is 10.3 Å². The maximum Gasteiger partial charge on any atom is 0.0896 e. The summed E-state index contributed by atoms with van der Waals surface area (Å²) in [6, 6.07) is 8.51. The number of aryl methyl sites for hydroxylation is 2. The molecule has 1 aliphatic carbocycles. The van der Waals surface area contributed by atoms with Gasteiger partial charge in [0, 0.05) is 24.0 Å². The lowest BCUT2D eigenvalue weighted by Crippen LogP contribution is -2.16. The number of aromatic nitrogens is 1. The van der Waals surface area contributed by atoms with E-state index in [0.29, 0.717) is 5.92 Å². The molecular formula is C35H56N2S. The molecule has 0 radical (unpaired) electrons. The largest absolute Gasteiger partial charge is 0.313 e. The van der Waals surface area contributed by atoms with E-state index >= 15 is 0 Å². The molecule has 0 saturated heterocycles. The van der Waals surface area contributed by atoms with Gasteiger partial charge in [-0.05, 0) is 70.5 Å². The summed E-state index contributed by atoms with van der Waals surface area (Å²) < 4.78 is 0. The SMILES string of the molecule is C/C=C/CCC1C=CC=CC=C1.C=C(C)CNCCC.CC.CC.Cc1ncc(Cc2ccccc2C)s1. The van der Waals surface area contributed by atoms with Crippen molar-refractivity contribution in [3.63, 3.8) is 0 Å². The number of nitrogens with one attached hydrogen (secondary N) is 1. The number of hydrogen-bond acceptors (Lipinski definition) is 3. The second-order valence-corrected chi connectivity index (χ2v) is 9.87. The molecule has 38 heavy (non-hydrogen) atoms. The maximum absolute atomic E-state index is 4.26. The van der Waals surface area contributed by atoms with E-state index in [-0.39, 0.29) is 0 Å². The first-order valence-corrected chi connectivity index (χ1v) is 15.2. The first-order valence-electron chi connectivity index (χ1n) is 14.4. The molecule has 1 heterocycles. The molecule has 3 rings (SSSR count). The minimum Gasteiger partial charge on any atom is -0.313 e. The molecular weight excluding hydrogens is 480 g/mol. The van der Waals surface area contributed by atoms with Gasteiger partial charge in [0.05, 0.1) is 5.01 Å². The van der Waals surface area contributed by atoms with Crippen LogP contribution in [0.25, 0.3) is 0 Å². The normalized spacial score (nSPS) is 11.6. The van der Waals surface area contributed by atoms with Gasteiger partial charge >= 0.3 is 0 Å². The lowest BCUT2D eigenvalue weighted by Gasteiger charge is -2.03. The van der Waals surface area contributed by atoms with Crippen LogP contribution in [0.4, 0.5) is 0 Å². The van der Waals surface area contributed by atoms with Gasteiger partial charge in [-0.3, -0.25) is 0 Å². The van der Waals surface area contributed by atoms with Crippen molar-refractivity contribution in [1.29, 1.82) is 0 Å². The Kier molecular flexibility index (Phi) is 27.3. The molecule has 212 valence electrons. The molecule has 0 bridgehead atoms. The minimum atomic E-state index is 0.621. The zero-order chi connectivity index (χ0) is 29.0. The number of rotatable bonds is 9. The zero-order valence-corrected chi connectivity index (χ0v) is 26.7. The minimum absolute atomic E-state index is 0.621. The van der Waals surface area contributed by atoms with Gasteiger partial charge in [0.25, 0.3) is 0 Å². The van der Waals surface area contributed by atoms with Crippen molar-refractivity contribution in [2.45, 2.75) is 88.0 Å². The van der Waals surface area contributed by atoms with Crippen LogP contribution in [0.3, 0.4) is 0 Å². The number of thiazole rings is 1. The van der Waals surface area contributed by atoms with Gasteiger partial charge in [-0.25, -0.2) is 4.98 Å². The third-order valence-electron chi connectivity index (χ3n) is 5.10. The fraction of sp³-hybridized carbons (Fsp3) is 0.457. The Morgan fingerprint density at radius 1 is 1.03 bits per heavy atom. The number of nitrogens with zero attached hydrogens (tertiary/aromatic N) is 1. The summed E-state index contributed by atoms with van der Waals surface area (Å²) in [6.45, 7) is 24.3. The van der Waals surface area contributed by atoms with Crippen molar-refractivity contribution >= 4 is 11.3 Å². The standard InChI is InChI=1S/C12H13NS.C12H16.C7H15N.2C2H6/c1-9-5-3-4-6-11(9)7-12-8-13-10(2)14-12;1-2-3-6-9-12-10-7-4-5-8-11-12;1-4-5-8-6-7(2)3;2*1-2/h3-6,8H,7H2,1-2H3;2-5,7-8,10-12H,6,9H2,1H3;8H,2,4-6H2,1,3H3;2*1-2H3/b;3-2+;;;. The Hall–Kier alpha value is -2.49. The summed E-state index contributed by atoms with van der Waals surface area (Å²) in [4.78, 5) is 5.61. The lowest BCUT2D eigenvalue weighted by atomic mass is 10.0. The van der Waals surface area contributed by atoms with Crippen LogP contribution in [0, 0.1) is 19.8 Å². The average Bonchev–Trinajstić information content (AvgIpc) is 3.16. The molecule has 0 spiro atoms. The van der Waals surface area contributed by atoms with Gasteiger partial charge in [-0.15, -0.1) is 11.3 Å². The van der Waals surface area contributed by atoms with E-state index in [1.165, 1.54) is 40.8 Å². The fourth-order valence-electron chi connectivity index (χ4n) is 3.22. The van der Waals surface area contributed by atoms with Crippen LogP contribution in [0.1, 0.15) is 88.7 Å². The number of allylic oxidation sites excluding steroid dienone is 8. The summed E-state index contributed by atoms with van der Waals surface area (Å²) in [5.74, 6) is 0.621. The molecule has 1 N–H and O–H groups in total. The molecule has 0 fully saturated rings.